The fourth-order valence-electron chi connectivity index (χ4n) is 5.60. The molecule has 0 aromatic heterocycles. The highest BCUT2D eigenvalue weighted by Crippen LogP contribution is 2.54. The van der Waals surface area contributed by atoms with Gasteiger partial charge in [-0.2, -0.15) is 31.6 Å². The van der Waals surface area contributed by atoms with Crippen molar-refractivity contribution in [3.8, 4) is 6.07 Å². The predicted molar refractivity (Wildman–Crippen MR) is 156 cm³/mol. The number of alkyl halides is 6. The minimum absolute atomic E-state index is 0.0288. The van der Waals surface area contributed by atoms with Crippen LogP contribution in [-0.4, -0.2) is 28.5 Å². The lowest BCUT2D eigenvalue weighted by Crippen LogP contribution is -2.56. The molecule has 0 heterocycles. The van der Waals surface area contributed by atoms with Crippen LogP contribution in [0.15, 0.2) is 71.6 Å². The summed E-state index contributed by atoms with van der Waals surface area (Å²) in [6.45, 7) is 1.12. The Kier molecular flexibility index (Phi) is 10.4. The van der Waals surface area contributed by atoms with Crippen molar-refractivity contribution in [3.63, 3.8) is 0 Å². The zero-order valence-corrected chi connectivity index (χ0v) is 26.3. The number of amides is 1. The van der Waals surface area contributed by atoms with Crippen LogP contribution in [0.2, 0.25) is 0 Å². The van der Waals surface area contributed by atoms with Crippen molar-refractivity contribution in [1.82, 2.24) is 5.32 Å². The third-order valence-corrected chi connectivity index (χ3v) is 10.5. The van der Waals surface area contributed by atoms with Gasteiger partial charge in [0, 0.05) is 22.1 Å². The molecule has 1 amide bonds. The number of nitrogens with one attached hydrogen (secondary N) is 1. The molecule has 4 rings (SSSR count). The molecule has 1 fully saturated rings. The highest BCUT2D eigenvalue weighted by Gasteiger charge is 2.73. The standard InChI is InChI=1S/C33H29F9N2O3S/c1-29(2,19-43)28(45)44-23-14-16-30(17-15-23,48(46)24-12-10-22(34)11-13-24)20-6-8-21(9-7-20)31(32(37,38)39,33(40,41)42)47-18-25-26(35)4-3-5-27(25)36/h3-13,23H,14-18H2,1-2H3,(H,44,45). The number of ether oxygens (including phenoxy) is 1. The number of rotatable bonds is 9. The maximum Gasteiger partial charge on any atom is 0.430 e. The van der Waals surface area contributed by atoms with Crippen molar-refractivity contribution in [2.75, 3.05) is 0 Å². The highest BCUT2D eigenvalue weighted by molar-refractivity contribution is 7.86. The van der Waals surface area contributed by atoms with Crippen LogP contribution >= 0.6 is 0 Å². The van der Waals surface area contributed by atoms with Crippen LogP contribution < -0.4 is 5.32 Å². The van der Waals surface area contributed by atoms with Crippen LogP contribution in [0, 0.1) is 34.2 Å². The molecule has 0 radical (unpaired) electrons. The lowest BCUT2D eigenvalue weighted by Gasteiger charge is -2.41. The molecule has 3 aromatic carbocycles. The molecule has 0 spiro atoms. The first-order valence-corrected chi connectivity index (χ1v) is 15.6. The van der Waals surface area contributed by atoms with Crippen molar-refractivity contribution >= 4 is 16.7 Å². The number of carbonyl (C=O) groups excluding carboxylic acids is 1. The van der Waals surface area contributed by atoms with E-state index < -0.39 is 86.0 Å². The number of hydrogen-bond acceptors (Lipinski definition) is 4. The van der Waals surface area contributed by atoms with Crippen LogP contribution in [0.4, 0.5) is 39.5 Å². The summed E-state index contributed by atoms with van der Waals surface area (Å²) >= 11 is 0. The molecule has 1 aliphatic rings. The first-order valence-electron chi connectivity index (χ1n) is 14.5. The lowest BCUT2D eigenvalue weighted by atomic mass is 9.79. The zero-order chi connectivity index (χ0) is 35.7. The van der Waals surface area contributed by atoms with Gasteiger partial charge in [0.05, 0.1) is 28.2 Å². The summed E-state index contributed by atoms with van der Waals surface area (Å²) in [4.78, 5) is 12.7. The second-order valence-electron chi connectivity index (χ2n) is 11.9. The number of carbonyl (C=O) groups is 1. The van der Waals surface area contributed by atoms with E-state index in [4.69, 9.17) is 0 Å². The third-order valence-electron chi connectivity index (χ3n) is 8.47. The van der Waals surface area contributed by atoms with Crippen LogP contribution in [0.5, 0.6) is 0 Å². The third kappa shape index (κ3) is 6.96. The topological polar surface area (TPSA) is 79.2 Å². The number of halogens is 9. The Morgan fingerprint density at radius 2 is 1.42 bits per heavy atom. The molecule has 1 N–H and O–H groups in total. The van der Waals surface area contributed by atoms with Gasteiger partial charge in [0.2, 0.25) is 5.91 Å². The molecule has 5 nitrogen and oxygen atoms in total. The molecule has 0 aliphatic heterocycles. The predicted octanol–water partition coefficient (Wildman–Crippen LogP) is 8.25. The number of nitriles is 1. The van der Waals surface area contributed by atoms with Crippen molar-refractivity contribution in [3.05, 3.63) is 101 Å². The molecule has 1 aliphatic carbocycles. The van der Waals surface area contributed by atoms with Gasteiger partial charge in [-0.15, -0.1) is 0 Å². The van der Waals surface area contributed by atoms with Gasteiger partial charge in [0.15, 0.2) is 0 Å². The Morgan fingerprint density at radius 3 is 1.90 bits per heavy atom. The summed E-state index contributed by atoms with van der Waals surface area (Å²) in [5.74, 6) is -4.00. The molecule has 1 saturated carbocycles. The second kappa shape index (κ2) is 13.5. The second-order valence-corrected chi connectivity index (χ2v) is 13.7. The molecule has 258 valence electrons. The minimum Gasteiger partial charge on any atom is -0.352 e. The van der Waals surface area contributed by atoms with E-state index >= 15 is 0 Å². The van der Waals surface area contributed by atoms with Crippen LogP contribution in [0.1, 0.15) is 56.2 Å². The number of benzene rings is 3. The van der Waals surface area contributed by atoms with Gasteiger partial charge >= 0.3 is 12.4 Å². The molecule has 15 heteroatoms. The molecule has 0 bridgehead atoms. The van der Waals surface area contributed by atoms with Crippen molar-refractivity contribution in [2.45, 2.75) is 79.8 Å². The van der Waals surface area contributed by atoms with Gasteiger partial charge < -0.3 is 10.1 Å². The van der Waals surface area contributed by atoms with Gasteiger partial charge in [-0.05, 0) is 81.5 Å². The van der Waals surface area contributed by atoms with Crippen molar-refractivity contribution in [2.24, 2.45) is 5.41 Å². The molecule has 1 unspecified atom stereocenters. The Balaban J connectivity index is 1.76. The SMILES string of the molecule is CC(C)(C#N)C(=O)NC1CCC(c2ccc(C(OCc3c(F)cccc3F)(C(F)(F)F)C(F)(F)F)cc2)(S(=O)c2ccc(F)cc2)CC1. The van der Waals surface area contributed by atoms with E-state index in [2.05, 4.69) is 10.1 Å². The number of nitrogens with zero attached hydrogens (tertiary/aromatic N) is 1. The molecule has 0 saturated heterocycles. The Morgan fingerprint density at radius 1 is 0.896 bits per heavy atom. The zero-order valence-electron chi connectivity index (χ0n) is 25.4. The minimum atomic E-state index is -6.16. The van der Waals surface area contributed by atoms with E-state index in [1.165, 1.54) is 26.0 Å². The molecule has 3 aromatic rings. The summed E-state index contributed by atoms with van der Waals surface area (Å²) < 4.78 is 146. The lowest BCUT2D eigenvalue weighted by molar-refractivity contribution is -0.392. The number of hydrogen-bond donors (Lipinski definition) is 1. The largest absolute Gasteiger partial charge is 0.430 e. The van der Waals surface area contributed by atoms with Gasteiger partial charge in [-0.1, -0.05) is 30.3 Å². The summed E-state index contributed by atoms with van der Waals surface area (Å²) in [7, 11) is -2.02. The van der Waals surface area contributed by atoms with Gasteiger partial charge in [-0.25, -0.2) is 13.2 Å². The van der Waals surface area contributed by atoms with E-state index in [9.17, 15) is 53.8 Å². The Labute approximate surface area is 272 Å². The summed E-state index contributed by atoms with van der Waals surface area (Å²) in [5.41, 5.74) is -8.85. The Hall–Kier alpha value is -3.90. The van der Waals surface area contributed by atoms with E-state index in [0.29, 0.717) is 24.3 Å². The van der Waals surface area contributed by atoms with Crippen molar-refractivity contribution in [1.29, 1.82) is 5.26 Å². The fourth-order valence-corrected chi connectivity index (χ4v) is 7.40. The molecule has 48 heavy (non-hydrogen) atoms. The molecular weight excluding hydrogens is 675 g/mol. The van der Waals surface area contributed by atoms with E-state index in [-0.39, 0.29) is 36.1 Å². The Bertz CT molecular complexity index is 1660. The average Bonchev–Trinajstić information content (AvgIpc) is 3.02. The summed E-state index contributed by atoms with van der Waals surface area (Å²) in [6, 6.07) is 11.1. The normalized spacial score (nSPS) is 19.8. The maximum atomic E-state index is 14.5. The highest BCUT2D eigenvalue weighted by atomic mass is 32.2. The summed E-state index contributed by atoms with van der Waals surface area (Å²) in [5, 5.41) is 12.0. The first kappa shape index (κ1) is 36.9. The maximum absolute atomic E-state index is 14.5. The first-order chi connectivity index (χ1) is 22.3. The monoisotopic (exact) mass is 704 g/mol. The van der Waals surface area contributed by atoms with Gasteiger partial charge in [0.1, 0.15) is 22.9 Å². The van der Waals surface area contributed by atoms with E-state index in [0.717, 1.165) is 30.3 Å². The van der Waals surface area contributed by atoms with E-state index in [1.54, 1.807) is 0 Å². The van der Waals surface area contributed by atoms with Gasteiger partial charge in [-0.3, -0.25) is 9.00 Å². The fraction of sp³-hybridized carbons (Fsp3) is 0.394. The van der Waals surface area contributed by atoms with Crippen molar-refractivity contribution < 1.29 is 53.3 Å². The average molecular weight is 705 g/mol. The molecule has 1 atom stereocenters. The summed E-state index contributed by atoms with van der Waals surface area (Å²) in [6.07, 6.45) is -11.9. The quantitative estimate of drug-likeness (QED) is 0.228. The van der Waals surface area contributed by atoms with Gasteiger partial charge in [0.25, 0.3) is 5.60 Å². The van der Waals surface area contributed by atoms with Crippen LogP contribution in [0.25, 0.3) is 0 Å². The van der Waals surface area contributed by atoms with Crippen LogP contribution in [0.3, 0.4) is 0 Å². The smallest absolute Gasteiger partial charge is 0.352 e. The molecular formula is C33H29F9N2O3S. The van der Waals surface area contributed by atoms with E-state index in [1.807, 2.05) is 6.07 Å². The van der Waals surface area contributed by atoms with Crippen LogP contribution in [-0.2, 0) is 37.3 Å².